The van der Waals surface area contributed by atoms with Gasteiger partial charge in [0.1, 0.15) is 11.4 Å². The van der Waals surface area contributed by atoms with Crippen molar-refractivity contribution in [2.24, 2.45) is 0 Å². The first kappa shape index (κ1) is 22.6. The minimum absolute atomic E-state index is 0.123. The van der Waals surface area contributed by atoms with E-state index in [-0.39, 0.29) is 24.2 Å². The molecule has 0 radical (unpaired) electrons. The van der Waals surface area contributed by atoms with Crippen LogP contribution in [0.1, 0.15) is 23.7 Å². The minimum Gasteiger partial charge on any atom is -0.494 e. The van der Waals surface area contributed by atoms with Crippen LogP contribution in [0.5, 0.6) is 5.75 Å². The fraction of sp³-hybridized carbons (Fsp3) is 0.333. The van der Waals surface area contributed by atoms with Crippen molar-refractivity contribution in [2.75, 3.05) is 43.6 Å². The zero-order valence-corrected chi connectivity index (χ0v) is 17.0. The number of anilines is 2. The van der Waals surface area contributed by atoms with Gasteiger partial charge in [-0.25, -0.2) is 0 Å². The molecule has 2 aromatic carbocycles. The van der Waals surface area contributed by atoms with Gasteiger partial charge in [0.25, 0.3) is 11.6 Å². The topological polar surface area (TPSA) is 118 Å². The van der Waals surface area contributed by atoms with Gasteiger partial charge in [0.2, 0.25) is 0 Å². The summed E-state index contributed by atoms with van der Waals surface area (Å²) in [6, 6.07) is 13.2. The lowest BCUT2D eigenvalue weighted by Crippen LogP contribution is -2.31. The first-order valence-corrected chi connectivity index (χ1v) is 9.44. The molecule has 2 aromatic rings. The van der Waals surface area contributed by atoms with E-state index in [9.17, 15) is 14.9 Å². The summed E-state index contributed by atoms with van der Waals surface area (Å²) in [7, 11) is 1.54. The van der Waals surface area contributed by atoms with Crippen molar-refractivity contribution in [1.29, 1.82) is 5.26 Å². The Labute approximate surface area is 175 Å². The smallest absolute Gasteiger partial charge is 0.293 e. The maximum Gasteiger partial charge on any atom is 0.293 e. The van der Waals surface area contributed by atoms with Gasteiger partial charge in [0.15, 0.2) is 0 Å². The van der Waals surface area contributed by atoms with E-state index in [1.165, 1.54) is 30.2 Å². The molecule has 0 spiro atoms. The summed E-state index contributed by atoms with van der Waals surface area (Å²) in [6.45, 7) is 3.33. The number of nitro groups is 1. The van der Waals surface area contributed by atoms with E-state index in [1.807, 2.05) is 13.0 Å². The highest BCUT2D eigenvalue weighted by Gasteiger charge is 2.22. The minimum atomic E-state index is -0.539. The number of methoxy groups -OCH3 is 1. The van der Waals surface area contributed by atoms with Gasteiger partial charge in [-0.15, -0.1) is 0 Å². The van der Waals surface area contributed by atoms with Crippen LogP contribution in [0.4, 0.5) is 17.1 Å². The van der Waals surface area contributed by atoms with Crippen LogP contribution in [0, 0.1) is 21.4 Å². The monoisotopic (exact) mass is 412 g/mol. The fourth-order valence-corrected chi connectivity index (χ4v) is 2.81. The molecule has 0 fully saturated rings. The van der Waals surface area contributed by atoms with Crippen molar-refractivity contribution in [3.8, 4) is 11.8 Å². The van der Waals surface area contributed by atoms with Gasteiger partial charge >= 0.3 is 0 Å². The first-order valence-electron chi connectivity index (χ1n) is 9.44. The number of hydrogen-bond donors (Lipinski definition) is 1. The molecule has 1 amide bonds. The molecule has 0 bridgehead atoms. The molecule has 1 N–H and O–H groups in total. The summed E-state index contributed by atoms with van der Waals surface area (Å²) < 4.78 is 10.4. The maximum absolute atomic E-state index is 13.1. The summed E-state index contributed by atoms with van der Waals surface area (Å²) in [4.78, 5) is 25.5. The number of nitriles is 1. The molecular weight excluding hydrogens is 388 g/mol. The molecule has 158 valence electrons. The normalized spacial score (nSPS) is 10.2. The highest BCUT2D eigenvalue weighted by Crippen LogP contribution is 2.28. The highest BCUT2D eigenvalue weighted by atomic mass is 16.6. The number of benzene rings is 2. The Morgan fingerprint density at radius 3 is 2.60 bits per heavy atom. The molecule has 30 heavy (non-hydrogen) atoms. The standard InChI is InChI=1S/C21H24N4O5/c1-3-30-18-8-6-17(7-9-18)24(13-4-11-22)21(26)16-5-10-19(23-12-14-29-2)20(15-16)25(27)28/h5-10,15,23H,3-4,12-14H2,1-2H3. The van der Waals surface area contributed by atoms with E-state index in [0.29, 0.717) is 36.9 Å². The fourth-order valence-electron chi connectivity index (χ4n) is 2.81. The lowest BCUT2D eigenvalue weighted by atomic mass is 10.1. The van der Waals surface area contributed by atoms with Gasteiger partial charge in [0.05, 0.1) is 30.6 Å². The number of ether oxygens (including phenoxy) is 2. The quantitative estimate of drug-likeness (QED) is 0.340. The molecule has 0 aliphatic heterocycles. The van der Waals surface area contributed by atoms with Crippen LogP contribution in [0.3, 0.4) is 0 Å². The van der Waals surface area contributed by atoms with E-state index in [0.717, 1.165) is 0 Å². The number of carbonyl (C=O) groups excluding carboxylic acids is 1. The number of carbonyl (C=O) groups is 1. The third kappa shape index (κ3) is 5.93. The maximum atomic E-state index is 13.1. The van der Waals surface area contributed by atoms with E-state index in [2.05, 4.69) is 5.32 Å². The molecule has 9 heteroatoms. The SMILES string of the molecule is CCOc1ccc(N(CCC#N)C(=O)c2ccc(NCCOC)c([N+](=O)[O-])c2)cc1. The number of nitro benzene ring substituents is 1. The lowest BCUT2D eigenvalue weighted by molar-refractivity contribution is -0.384. The summed E-state index contributed by atoms with van der Waals surface area (Å²) >= 11 is 0. The van der Waals surface area contributed by atoms with Gasteiger partial charge in [-0.2, -0.15) is 5.26 Å². The van der Waals surface area contributed by atoms with Crippen molar-refractivity contribution in [3.05, 3.63) is 58.1 Å². The Bertz CT molecular complexity index is 909. The van der Waals surface area contributed by atoms with Gasteiger partial charge in [-0.1, -0.05) is 0 Å². The molecular formula is C21H24N4O5. The van der Waals surface area contributed by atoms with Gasteiger partial charge in [-0.3, -0.25) is 14.9 Å². The first-order chi connectivity index (χ1) is 14.5. The van der Waals surface area contributed by atoms with Crippen molar-refractivity contribution < 1.29 is 19.2 Å². The molecule has 0 aromatic heterocycles. The Hall–Kier alpha value is -3.64. The molecule has 2 rings (SSSR count). The Morgan fingerprint density at radius 1 is 1.27 bits per heavy atom. The molecule has 9 nitrogen and oxygen atoms in total. The third-order valence-electron chi connectivity index (χ3n) is 4.21. The van der Waals surface area contributed by atoms with Crippen LogP contribution in [0.2, 0.25) is 0 Å². The molecule has 0 saturated carbocycles. The van der Waals surface area contributed by atoms with Gasteiger partial charge < -0.3 is 19.7 Å². The summed E-state index contributed by atoms with van der Waals surface area (Å²) in [5.41, 5.74) is 0.830. The number of amides is 1. The molecule has 0 heterocycles. The summed E-state index contributed by atoms with van der Waals surface area (Å²) in [6.07, 6.45) is 0.123. The van der Waals surface area contributed by atoms with Crippen LogP contribution in [0.25, 0.3) is 0 Å². The van der Waals surface area contributed by atoms with Gasteiger partial charge in [0, 0.05) is 37.5 Å². The molecule has 0 unspecified atom stereocenters. The summed E-state index contributed by atoms with van der Waals surface area (Å²) in [5, 5.41) is 23.4. The lowest BCUT2D eigenvalue weighted by Gasteiger charge is -2.22. The van der Waals surface area contributed by atoms with Crippen LogP contribution < -0.4 is 15.0 Å². The Morgan fingerprint density at radius 2 is 2.00 bits per heavy atom. The second kappa shape index (κ2) is 11.4. The van der Waals surface area contributed by atoms with Gasteiger partial charge in [-0.05, 0) is 43.3 Å². The number of nitrogens with one attached hydrogen (secondary N) is 1. The molecule has 0 atom stereocenters. The largest absolute Gasteiger partial charge is 0.494 e. The summed E-state index contributed by atoms with van der Waals surface area (Å²) in [5.74, 6) is 0.233. The van der Waals surface area contributed by atoms with Crippen molar-refractivity contribution in [3.63, 3.8) is 0 Å². The van der Waals surface area contributed by atoms with Crippen LogP contribution in [0.15, 0.2) is 42.5 Å². The zero-order valence-electron chi connectivity index (χ0n) is 17.0. The average Bonchev–Trinajstić information content (AvgIpc) is 2.75. The highest BCUT2D eigenvalue weighted by molar-refractivity contribution is 6.06. The number of nitrogens with zero attached hydrogens (tertiary/aromatic N) is 3. The van der Waals surface area contributed by atoms with E-state index in [1.54, 1.807) is 24.3 Å². The molecule has 0 aliphatic rings. The third-order valence-corrected chi connectivity index (χ3v) is 4.21. The van der Waals surface area contributed by atoms with Crippen LogP contribution in [-0.4, -0.2) is 44.2 Å². The van der Waals surface area contributed by atoms with Crippen molar-refractivity contribution in [1.82, 2.24) is 0 Å². The number of rotatable bonds is 11. The van der Waals surface area contributed by atoms with Crippen molar-refractivity contribution >= 4 is 23.0 Å². The zero-order chi connectivity index (χ0) is 21.9. The van der Waals surface area contributed by atoms with Crippen LogP contribution >= 0.6 is 0 Å². The van der Waals surface area contributed by atoms with E-state index in [4.69, 9.17) is 14.7 Å². The van der Waals surface area contributed by atoms with E-state index >= 15 is 0 Å². The predicted octanol–water partition coefficient (Wildman–Crippen LogP) is 3.61. The average molecular weight is 412 g/mol. The Kier molecular flexibility index (Phi) is 8.59. The second-order valence-corrected chi connectivity index (χ2v) is 6.20. The van der Waals surface area contributed by atoms with E-state index < -0.39 is 10.8 Å². The van der Waals surface area contributed by atoms with Crippen molar-refractivity contribution in [2.45, 2.75) is 13.3 Å². The molecule has 0 saturated heterocycles. The molecule has 0 aliphatic carbocycles. The second-order valence-electron chi connectivity index (χ2n) is 6.20. The Balaban J connectivity index is 2.33. The van der Waals surface area contributed by atoms with Crippen LogP contribution in [-0.2, 0) is 4.74 Å². The predicted molar refractivity (Wildman–Crippen MR) is 113 cm³/mol. The number of hydrogen-bond acceptors (Lipinski definition) is 7.